The number of alkyl halides is 3. The highest BCUT2D eigenvalue weighted by Gasteiger charge is 2.41. The number of hydrogen-bond donors (Lipinski definition) is 1. The van der Waals surface area contributed by atoms with Crippen molar-refractivity contribution in [2.75, 3.05) is 51.6 Å². The van der Waals surface area contributed by atoms with Gasteiger partial charge < -0.3 is 10.2 Å². The van der Waals surface area contributed by atoms with Crippen molar-refractivity contribution in [1.29, 1.82) is 0 Å². The number of rotatable bonds is 5. The minimum atomic E-state index is -4.13. The van der Waals surface area contributed by atoms with Gasteiger partial charge in [0.1, 0.15) is 0 Å². The van der Waals surface area contributed by atoms with E-state index in [1.54, 1.807) is 13.8 Å². The molecule has 2 aliphatic rings. The molecule has 0 aromatic rings. The van der Waals surface area contributed by atoms with E-state index in [-0.39, 0.29) is 5.75 Å². The molecule has 10 heteroatoms. The first-order valence-electron chi connectivity index (χ1n) is 9.98. The van der Waals surface area contributed by atoms with Gasteiger partial charge in [-0.15, -0.1) is 0 Å². The highest BCUT2D eigenvalue weighted by Crippen LogP contribution is 2.25. The third-order valence-corrected chi connectivity index (χ3v) is 8.12. The Morgan fingerprint density at radius 3 is 2.39 bits per heavy atom. The number of halogens is 3. The first kappa shape index (κ1) is 23.3. The second kappa shape index (κ2) is 9.19. The lowest BCUT2D eigenvalue weighted by atomic mass is 9.93. The van der Waals surface area contributed by atoms with Crippen molar-refractivity contribution in [1.82, 2.24) is 15.1 Å². The molecule has 0 aromatic heterocycles. The first-order valence-corrected chi connectivity index (χ1v) is 11.6. The summed E-state index contributed by atoms with van der Waals surface area (Å²) in [5, 5.41) is 3.24. The highest BCUT2D eigenvalue weighted by atomic mass is 32.2. The van der Waals surface area contributed by atoms with E-state index in [0.717, 1.165) is 25.2 Å². The number of nitrogens with zero attached hydrogens (tertiary/aromatic N) is 3. The summed E-state index contributed by atoms with van der Waals surface area (Å²) in [5.41, 5.74) is 0. The Balaban J connectivity index is 1.85. The molecule has 6 nitrogen and oxygen atoms in total. The van der Waals surface area contributed by atoms with Gasteiger partial charge >= 0.3 is 6.18 Å². The molecule has 0 aliphatic carbocycles. The summed E-state index contributed by atoms with van der Waals surface area (Å²) in [5.74, 6) is 1.22. The van der Waals surface area contributed by atoms with Crippen LogP contribution in [0.3, 0.4) is 0 Å². The van der Waals surface area contributed by atoms with E-state index in [2.05, 4.69) is 10.3 Å². The Kier molecular flexibility index (Phi) is 7.63. The minimum absolute atomic E-state index is 0.113. The second-order valence-electron chi connectivity index (χ2n) is 8.36. The molecule has 0 atom stereocenters. The Morgan fingerprint density at radius 1 is 1.21 bits per heavy atom. The maximum absolute atomic E-state index is 12.5. The largest absolute Gasteiger partial charge is 0.401 e. The van der Waals surface area contributed by atoms with Crippen molar-refractivity contribution < 1.29 is 21.6 Å². The lowest BCUT2D eigenvalue weighted by Gasteiger charge is -2.39. The van der Waals surface area contributed by atoms with Gasteiger partial charge in [0.2, 0.25) is 0 Å². The summed E-state index contributed by atoms with van der Waals surface area (Å²) in [6, 6.07) is 0. The topological polar surface area (TPSA) is 65.0 Å². The van der Waals surface area contributed by atoms with Crippen molar-refractivity contribution in [2.24, 2.45) is 10.9 Å². The number of aliphatic imine (C=N–C) groups is 1. The summed E-state index contributed by atoms with van der Waals surface area (Å²) in [6.07, 6.45) is -1.77. The van der Waals surface area contributed by atoms with Crippen LogP contribution < -0.4 is 5.32 Å². The van der Waals surface area contributed by atoms with E-state index in [0.29, 0.717) is 45.2 Å². The van der Waals surface area contributed by atoms with E-state index >= 15 is 0 Å². The van der Waals surface area contributed by atoms with Crippen LogP contribution in [0, 0.1) is 5.92 Å². The zero-order valence-electron chi connectivity index (χ0n) is 17.1. The zero-order valence-corrected chi connectivity index (χ0v) is 17.9. The third-order valence-electron chi connectivity index (χ3n) is 5.59. The van der Waals surface area contributed by atoms with Crippen molar-refractivity contribution in [3.8, 4) is 0 Å². The predicted molar refractivity (Wildman–Crippen MR) is 105 cm³/mol. The summed E-state index contributed by atoms with van der Waals surface area (Å²) in [6.45, 7) is 7.70. The second-order valence-corrected chi connectivity index (χ2v) is 11.1. The molecule has 0 spiro atoms. The average molecular weight is 427 g/mol. The maximum Gasteiger partial charge on any atom is 0.401 e. The Hall–Kier alpha value is -1.03. The van der Waals surface area contributed by atoms with Crippen LogP contribution in [-0.4, -0.2) is 86.7 Å². The van der Waals surface area contributed by atoms with Crippen LogP contribution in [0.5, 0.6) is 0 Å². The molecule has 0 amide bonds. The molecule has 28 heavy (non-hydrogen) atoms. The molecule has 0 bridgehead atoms. The predicted octanol–water partition coefficient (Wildman–Crippen LogP) is 2.13. The average Bonchev–Trinajstić information content (AvgIpc) is 2.57. The standard InChI is InChI=1S/C18H33F3N4O2S/c1-4-22-16(25-11-12-28(26,27)17(2,3)13-25)23-8-5-15-6-9-24(10-7-15)14-18(19,20)21/h15H,4-14H2,1-3H3,(H,22,23). The summed E-state index contributed by atoms with van der Waals surface area (Å²) < 4.78 is 61.0. The van der Waals surface area contributed by atoms with E-state index in [1.807, 2.05) is 11.8 Å². The molecule has 0 unspecified atom stereocenters. The Bertz CT molecular complexity index is 642. The van der Waals surface area contributed by atoms with Crippen molar-refractivity contribution in [3.63, 3.8) is 0 Å². The van der Waals surface area contributed by atoms with Crippen LogP contribution in [0.1, 0.15) is 40.0 Å². The van der Waals surface area contributed by atoms with Crippen LogP contribution in [0.15, 0.2) is 4.99 Å². The molecule has 0 aromatic carbocycles. The van der Waals surface area contributed by atoms with Crippen molar-refractivity contribution in [3.05, 3.63) is 0 Å². The molecule has 0 radical (unpaired) electrons. The van der Waals surface area contributed by atoms with Gasteiger partial charge in [-0.05, 0) is 59.0 Å². The van der Waals surface area contributed by atoms with Crippen LogP contribution in [0.4, 0.5) is 13.2 Å². The van der Waals surface area contributed by atoms with E-state index < -0.39 is 27.3 Å². The Labute approximate surface area is 166 Å². The molecule has 2 fully saturated rings. The number of guanidine groups is 1. The lowest BCUT2D eigenvalue weighted by molar-refractivity contribution is -0.148. The fourth-order valence-electron chi connectivity index (χ4n) is 3.79. The molecular formula is C18H33F3N4O2S. The molecule has 1 N–H and O–H groups in total. The maximum atomic E-state index is 12.5. The van der Waals surface area contributed by atoms with Gasteiger partial charge in [-0.1, -0.05) is 0 Å². The molecular weight excluding hydrogens is 393 g/mol. The van der Waals surface area contributed by atoms with Gasteiger partial charge in [0.05, 0.1) is 17.0 Å². The number of likely N-dealkylation sites (tertiary alicyclic amines) is 1. The fraction of sp³-hybridized carbons (Fsp3) is 0.944. The van der Waals surface area contributed by atoms with Crippen molar-refractivity contribution >= 4 is 15.8 Å². The molecule has 0 saturated carbocycles. The van der Waals surface area contributed by atoms with Crippen LogP contribution in [0.25, 0.3) is 0 Å². The SMILES string of the molecule is CCNC(=NCCC1CCN(CC(F)(F)F)CC1)N1CCS(=O)(=O)C(C)(C)C1. The van der Waals surface area contributed by atoms with Gasteiger partial charge in [0.15, 0.2) is 15.8 Å². The van der Waals surface area contributed by atoms with Crippen LogP contribution in [0.2, 0.25) is 0 Å². The lowest BCUT2D eigenvalue weighted by Crippen LogP contribution is -2.57. The van der Waals surface area contributed by atoms with Gasteiger partial charge in [0, 0.05) is 26.2 Å². The minimum Gasteiger partial charge on any atom is -0.357 e. The molecule has 2 aliphatic heterocycles. The number of nitrogens with one attached hydrogen (secondary N) is 1. The monoisotopic (exact) mass is 426 g/mol. The van der Waals surface area contributed by atoms with Crippen LogP contribution in [-0.2, 0) is 9.84 Å². The number of hydrogen-bond acceptors (Lipinski definition) is 4. The fourth-order valence-corrected chi connectivity index (χ4v) is 5.16. The number of sulfone groups is 1. The van der Waals surface area contributed by atoms with Gasteiger partial charge in [-0.25, -0.2) is 8.42 Å². The summed E-state index contributed by atoms with van der Waals surface area (Å²) in [4.78, 5) is 8.13. The first-order chi connectivity index (χ1) is 12.9. The molecule has 2 saturated heterocycles. The van der Waals surface area contributed by atoms with Gasteiger partial charge in [-0.2, -0.15) is 13.2 Å². The van der Waals surface area contributed by atoms with E-state index in [4.69, 9.17) is 0 Å². The third kappa shape index (κ3) is 6.50. The number of piperidine rings is 1. The van der Waals surface area contributed by atoms with E-state index in [9.17, 15) is 21.6 Å². The molecule has 2 rings (SSSR count). The van der Waals surface area contributed by atoms with E-state index in [1.165, 1.54) is 4.90 Å². The molecule has 2 heterocycles. The smallest absolute Gasteiger partial charge is 0.357 e. The normalized spacial score (nSPS) is 24.4. The van der Waals surface area contributed by atoms with Gasteiger partial charge in [0.25, 0.3) is 0 Å². The highest BCUT2D eigenvalue weighted by molar-refractivity contribution is 7.92. The molecule has 164 valence electrons. The summed E-state index contributed by atoms with van der Waals surface area (Å²) >= 11 is 0. The van der Waals surface area contributed by atoms with Crippen molar-refractivity contribution in [2.45, 2.75) is 51.0 Å². The Morgan fingerprint density at radius 2 is 1.86 bits per heavy atom. The zero-order chi connectivity index (χ0) is 21.0. The van der Waals surface area contributed by atoms with Gasteiger partial charge in [-0.3, -0.25) is 9.89 Å². The quantitative estimate of drug-likeness (QED) is 0.539. The van der Waals surface area contributed by atoms with Crippen LogP contribution >= 0.6 is 0 Å². The summed E-state index contributed by atoms with van der Waals surface area (Å²) in [7, 11) is -3.11.